The van der Waals surface area contributed by atoms with Crippen LogP contribution in [0.2, 0.25) is 0 Å². The van der Waals surface area contributed by atoms with Gasteiger partial charge in [0.1, 0.15) is 0 Å². The van der Waals surface area contributed by atoms with E-state index >= 15 is 0 Å². The summed E-state index contributed by atoms with van der Waals surface area (Å²) in [7, 11) is 0. The van der Waals surface area contributed by atoms with Crippen molar-refractivity contribution in [1.82, 2.24) is 15.5 Å². The van der Waals surface area contributed by atoms with Crippen molar-refractivity contribution in [2.45, 2.75) is 12.5 Å². The predicted octanol–water partition coefficient (Wildman–Crippen LogP) is 2.53. The summed E-state index contributed by atoms with van der Waals surface area (Å²) < 4.78 is 0. The fourth-order valence-electron chi connectivity index (χ4n) is 2.34. The molecule has 2 heterocycles. The van der Waals surface area contributed by atoms with Crippen LogP contribution < -0.4 is 10.6 Å². The molecule has 0 radical (unpaired) electrons. The van der Waals surface area contributed by atoms with Gasteiger partial charge in [0, 0.05) is 42.4 Å². The van der Waals surface area contributed by atoms with Gasteiger partial charge in [-0.2, -0.15) is 16.9 Å². The van der Waals surface area contributed by atoms with Crippen molar-refractivity contribution in [3.8, 4) is 11.3 Å². The van der Waals surface area contributed by atoms with E-state index < -0.39 is 0 Å². The smallest absolute Gasteiger partial charge is 0.225 e. The van der Waals surface area contributed by atoms with Crippen molar-refractivity contribution in [3.05, 3.63) is 36.5 Å². The number of anilines is 1. The number of halogens is 1. The minimum absolute atomic E-state index is 0. The van der Waals surface area contributed by atoms with Crippen LogP contribution in [-0.2, 0) is 4.79 Å². The molecule has 1 atom stereocenters. The first-order chi connectivity index (χ1) is 10.3. The second-order valence-corrected chi connectivity index (χ2v) is 6.18. The first-order valence-corrected chi connectivity index (χ1v) is 8.17. The van der Waals surface area contributed by atoms with Gasteiger partial charge in [0.15, 0.2) is 0 Å². The lowest BCUT2D eigenvalue weighted by Gasteiger charge is -2.22. The fourth-order valence-corrected chi connectivity index (χ4v) is 3.29. The number of H-pyrrole nitrogens is 1. The molecule has 0 bridgehead atoms. The third-order valence-electron chi connectivity index (χ3n) is 3.41. The van der Waals surface area contributed by atoms with Gasteiger partial charge >= 0.3 is 0 Å². The summed E-state index contributed by atoms with van der Waals surface area (Å²) in [5.41, 5.74) is 2.85. The molecule has 118 valence electrons. The van der Waals surface area contributed by atoms with E-state index in [4.69, 9.17) is 0 Å². The van der Waals surface area contributed by atoms with Gasteiger partial charge in [0.05, 0.1) is 5.69 Å². The molecule has 7 heteroatoms. The maximum absolute atomic E-state index is 12.0. The largest absolute Gasteiger partial charge is 0.326 e. The van der Waals surface area contributed by atoms with Crippen molar-refractivity contribution in [3.63, 3.8) is 0 Å². The van der Waals surface area contributed by atoms with Gasteiger partial charge in [-0.15, -0.1) is 12.4 Å². The Morgan fingerprint density at radius 2 is 2.14 bits per heavy atom. The van der Waals surface area contributed by atoms with Crippen molar-refractivity contribution >= 4 is 35.8 Å². The molecule has 5 nitrogen and oxygen atoms in total. The lowest BCUT2D eigenvalue weighted by atomic mass is 10.1. The van der Waals surface area contributed by atoms with Gasteiger partial charge < -0.3 is 10.6 Å². The second-order valence-electron chi connectivity index (χ2n) is 5.03. The summed E-state index contributed by atoms with van der Waals surface area (Å²) in [5.74, 6) is 2.20. The van der Waals surface area contributed by atoms with E-state index in [0.717, 1.165) is 35.0 Å². The van der Waals surface area contributed by atoms with Crippen LogP contribution in [0.3, 0.4) is 0 Å². The quantitative estimate of drug-likeness (QED) is 0.801. The van der Waals surface area contributed by atoms with Crippen LogP contribution in [0.25, 0.3) is 11.3 Å². The summed E-state index contributed by atoms with van der Waals surface area (Å²) in [6, 6.07) is 9.97. The molecule has 1 aromatic carbocycles. The van der Waals surface area contributed by atoms with E-state index in [1.54, 1.807) is 6.20 Å². The molecule has 1 amide bonds. The molecule has 2 aromatic rings. The minimum atomic E-state index is 0. The zero-order valence-electron chi connectivity index (χ0n) is 12.0. The van der Waals surface area contributed by atoms with E-state index in [1.165, 1.54) is 0 Å². The number of nitrogens with zero attached hydrogens (tertiary/aromatic N) is 1. The average molecular weight is 339 g/mol. The highest BCUT2D eigenvalue weighted by atomic mass is 35.5. The average Bonchev–Trinajstić information content (AvgIpc) is 3.03. The van der Waals surface area contributed by atoms with E-state index in [0.29, 0.717) is 6.42 Å². The van der Waals surface area contributed by atoms with E-state index in [-0.39, 0.29) is 24.4 Å². The number of amides is 1. The third kappa shape index (κ3) is 4.50. The predicted molar refractivity (Wildman–Crippen MR) is 93.6 cm³/mol. The summed E-state index contributed by atoms with van der Waals surface area (Å²) in [5, 5.41) is 13.2. The third-order valence-corrected chi connectivity index (χ3v) is 4.54. The molecular formula is C15H19ClN4OS. The first kappa shape index (κ1) is 16.9. The normalized spacial score (nSPS) is 17.5. The zero-order chi connectivity index (χ0) is 14.5. The SMILES string of the molecule is Cl.O=C(CC1CSCCN1)Nc1ccc(-c2ccn[nH]2)cc1. The maximum atomic E-state index is 12.0. The molecule has 1 fully saturated rings. The molecule has 0 spiro atoms. The Hall–Kier alpha value is -1.50. The van der Waals surface area contributed by atoms with Crippen molar-refractivity contribution in [1.29, 1.82) is 0 Å². The van der Waals surface area contributed by atoms with Crippen LogP contribution in [0.4, 0.5) is 5.69 Å². The van der Waals surface area contributed by atoms with E-state index in [1.807, 2.05) is 42.1 Å². The fraction of sp³-hybridized carbons (Fsp3) is 0.333. The molecule has 1 saturated heterocycles. The van der Waals surface area contributed by atoms with Crippen LogP contribution >= 0.6 is 24.2 Å². The van der Waals surface area contributed by atoms with Gasteiger partial charge in [-0.3, -0.25) is 9.89 Å². The highest BCUT2D eigenvalue weighted by Crippen LogP contribution is 2.19. The number of aromatic amines is 1. The number of carbonyl (C=O) groups is 1. The van der Waals surface area contributed by atoms with Gasteiger partial charge in [-0.05, 0) is 23.8 Å². The number of nitrogens with one attached hydrogen (secondary N) is 3. The van der Waals surface area contributed by atoms with Gasteiger partial charge in [-0.1, -0.05) is 12.1 Å². The van der Waals surface area contributed by atoms with Crippen LogP contribution in [0.5, 0.6) is 0 Å². The molecule has 3 N–H and O–H groups in total. The number of thioether (sulfide) groups is 1. The number of hydrogen-bond donors (Lipinski definition) is 3. The van der Waals surface area contributed by atoms with Crippen molar-refractivity contribution in [2.24, 2.45) is 0 Å². The minimum Gasteiger partial charge on any atom is -0.326 e. The van der Waals surface area contributed by atoms with Crippen LogP contribution in [-0.4, -0.2) is 40.2 Å². The number of rotatable bonds is 4. The molecule has 22 heavy (non-hydrogen) atoms. The lowest BCUT2D eigenvalue weighted by Crippen LogP contribution is -2.39. The van der Waals surface area contributed by atoms with Gasteiger partial charge in [0.25, 0.3) is 0 Å². The second kappa shape index (κ2) is 8.22. The Morgan fingerprint density at radius 3 is 2.77 bits per heavy atom. The molecule has 1 aromatic heterocycles. The summed E-state index contributed by atoms with van der Waals surface area (Å²) in [6.45, 7) is 0.988. The molecule has 3 rings (SSSR count). The van der Waals surface area contributed by atoms with Crippen molar-refractivity contribution < 1.29 is 4.79 Å². The molecule has 1 aliphatic heterocycles. The van der Waals surface area contributed by atoms with Crippen LogP contribution in [0.15, 0.2) is 36.5 Å². The number of benzene rings is 1. The van der Waals surface area contributed by atoms with Crippen LogP contribution in [0, 0.1) is 0 Å². The highest BCUT2D eigenvalue weighted by molar-refractivity contribution is 7.99. The standard InChI is InChI=1S/C15H18N4OS.ClH/c20-15(9-13-10-21-8-7-16-13)18-12-3-1-11(2-4-12)14-5-6-17-19-14;/h1-6,13,16H,7-10H2,(H,17,19)(H,18,20);1H. The topological polar surface area (TPSA) is 69.8 Å². The summed E-state index contributed by atoms with van der Waals surface area (Å²) in [6.07, 6.45) is 2.25. The zero-order valence-corrected chi connectivity index (χ0v) is 13.7. The lowest BCUT2D eigenvalue weighted by molar-refractivity contribution is -0.116. The Labute approximate surface area is 140 Å². The number of aromatic nitrogens is 2. The summed E-state index contributed by atoms with van der Waals surface area (Å²) in [4.78, 5) is 12.0. The molecule has 1 aliphatic rings. The molecule has 0 saturated carbocycles. The Bertz CT molecular complexity index is 582. The molecular weight excluding hydrogens is 320 g/mol. The Balaban J connectivity index is 0.00000176. The first-order valence-electron chi connectivity index (χ1n) is 7.02. The number of hydrogen-bond acceptors (Lipinski definition) is 4. The van der Waals surface area contributed by atoms with E-state index in [2.05, 4.69) is 20.8 Å². The van der Waals surface area contributed by atoms with Crippen molar-refractivity contribution in [2.75, 3.05) is 23.4 Å². The Morgan fingerprint density at radius 1 is 1.32 bits per heavy atom. The van der Waals surface area contributed by atoms with E-state index in [9.17, 15) is 4.79 Å². The van der Waals surface area contributed by atoms with Gasteiger partial charge in [0.2, 0.25) is 5.91 Å². The van der Waals surface area contributed by atoms with Gasteiger partial charge in [-0.25, -0.2) is 0 Å². The monoisotopic (exact) mass is 338 g/mol. The highest BCUT2D eigenvalue weighted by Gasteiger charge is 2.16. The summed E-state index contributed by atoms with van der Waals surface area (Å²) >= 11 is 1.90. The Kier molecular flexibility index (Phi) is 6.30. The molecule has 0 aliphatic carbocycles. The van der Waals surface area contributed by atoms with Crippen LogP contribution in [0.1, 0.15) is 6.42 Å². The number of carbonyl (C=O) groups excluding carboxylic acids is 1. The maximum Gasteiger partial charge on any atom is 0.225 e. The molecule has 1 unspecified atom stereocenters.